The molecule has 0 bridgehead atoms. The summed E-state index contributed by atoms with van der Waals surface area (Å²) in [5.41, 5.74) is 2.57. The lowest BCUT2D eigenvalue weighted by atomic mass is 9.94. The summed E-state index contributed by atoms with van der Waals surface area (Å²) >= 11 is 1.85. The largest absolute Gasteiger partial charge is 0.341 e. The van der Waals surface area contributed by atoms with Gasteiger partial charge in [-0.3, -0.25) is 0 Å². The zero-order chi connectivity index (χ0) is 14.7. The molecule has 112 valence electrons. The van der Waals surface area contributed by atoms with Crippen molar-refractivity contribution in [3.05, 3.63) is 46.5 Å². The number of thiazole rings is 1. The van der Waals surface area contributed by atoms with Gasteiger partial charge in [-0.25, -0.2) is 4.98 Å². The van der Waals surface area contributed by atoms with Crippen LogP contribution in [0.4, 0.5) is 5.13 Å². The Morgan fingerprint density at radius 2 is 1.81 bits per heavy atom. The Labute approximate surface area is 131 Å². The molecule has 21 heavy (non-hydrogen) atoms. The molecule has 1 saturated carbocycles. The van der Waals surface area contributed by atoms with E-state index >= 15 is 0 Å². The molecule has 0 N–H and O–H groups in total. The maximum absolute atomic E-state index is 4.83. The van der Waals surface area contributed by atoms with Gasteiger partial charge >= 0.3 is 0 Å². The molecule has 1 heterocycles. The van der Waals surface area contributed by atoms with E-state index in [-0.39, 0.29) is 0 Å². The monoisotopic (exact) mass is 300 g/mol. The number of aromatic nitrogens is 1. The van der Waals surface area contributed by atoms with Crippen LogP contribution in [0.5, 0.6) is 0 Å². The summed E-state index contributed by atoms with van der Waals surface area (Å²) < 4.78 is 0. The third-order valence-electron chi connectivity index (χ3n) is 4.47. The predicted octanol–water partition coefficient (Wildman–Crippen LogP) is 5.10. The molecule has 0 atom stereocenters. The van der Waals surface area contributed by atoms with Crippen molar-refractivity contribution in [1.82, 2.24) is 4.98 Å². The first kappa shape index (κ1) is 14.6. The fourth-order valence-electron chi connectivity index (χ4n) is 3.10. The van der Waals surface area contributed by atoms with Gasteiger partial charge in [-0.1, -0.05) is 49.6 Å². The number of aryl methyl sites for hydroxylation is 2. The minimum absolute atomic E-state index is 0.656. The van der Waals surface area contributed by atoms with Gasteiger partial charge in [0.1, 0.15) is 0 Å². The van der Waals surface area contributed by atoms with Crippen molar-refractivity contribution >= 4 is 16.5 Å². The molecule has 0 spiro atoms. The number of hydrogen-bond acceptors (Lipinski definition) is 3. The fraction of sp³-hybridized carbons (Fsp3) is 0.500. The van der Waals surface area contributed by atoms with Crippen molar-refractivity contribution in [2.24, 2.45) is 0 Å². The Bertz CT molecular complexity index is 551. The van der Waals surface area contributed by atoms with E-state index in [1.165, 1.54) is 53.4 Å². The minimum Gasteiger partial charge on any atom is -0.341 e. The molecule has 0 saturated heterocycles. The minimum atomic E-state index is 0.656. The van der Waals surface area contributed by atoms with Crippen LogP contribution in [0.25, 0.3) is 0 Å². The highest BCUT2D eigenvalue weighted by atomic mass is 32.1. The number of hydrogen-bond donors (Lipinski definition) is 0. The Morgan fingerprint density at radius 3 is 2.43 bits per heavy atom. The van der Waals surface area contributed by atoms with Crippen LogP contribution in [-0.4, -0.2) is 11.0 Å². The maximum atomic E-state index is 4.83. The Morgan fingerprint density at radius 1 is 1.10 bits per heavy atom. The highest BCUT2D eigenvalue weighted by Gasteiger charge is 2.24. The molecule has 1 aliphatic rings. The van der Waals surface area contributed by atoms with E-state index in [4.69, 9.17) is 4.98 Å². The summed E-state index contributed by atoms with van der Waals surface area (Å²) in [5.74, 6) is 0. The Kier molecular flexibility index (Phi) is 4.59. The third-order valence-corrected chi connectivity index (χ3v) is 5.58. The summed E-state index contributed by atoms with van der Waals surface area (Å²) in [4.78, 5) is 8.73. The van der Waals surface area contributed by atoms with Gasteiger partial charge in [0, 0.05) is 17.5 Å². The first-order valence-corrected chi connectivity index (χ1v) is 8.80. The van der Waals surface area contributed by atoms with Crippen LogP contribution in [0.2, 0.25) is 0 Å². The Hall–Kier alpha value is -1.35. The first-order valence-electron chi connectivity index (χ1n) is 7.98. The second-order valence-corrected chi connectivity index (χ2v) is 7.23. The van der Waals surface area contributed by atoms with Crippen molar-refractivity contribution in [2.45, 2.75) is 58.5 Å². The van der Waals surface area contributed by atoms with Crippen LogP contribution < -0.4 is 4.90 Å². The summed E-state index contributed by atoms with van der Waals surface area (Å²) in [6, 6.07) is 11.5. The van der Waals surface area contributed by atoms with Crippen LogP contribution >= 0.6 is 11.3 Å². The Balaban J connectivity index is 1.86. The zero-order valence-electron chi connectivity index (χ0n) is 13.0. The lowest BCUT2D eigenvalue weighted by Crippen LogP contribution is -2.36. The van der Waals surface area contributed by atoms with E-state index in [1.54, 1.807) is 0 Å². The van der Waals surface area contributed by atoms with E-state index in [2.05, 4.69) is 49.1 Å². The molecule has 1 aliphatic carbocycles. The average molecular weight is 300 g/mol. The summed E-state index contributed by atoms with van der Waals surface area (Å²) in [5, 5.41) is 1.21. The predicted molar refractivity (Wildman–Crippen MR) is 91.1 cm³/mol. The van der Waals surface area contributed by atoms with Crippen LogP contribution in [0, 0.1) is 13.8 Å². The van der Waals surface area contributed by atoms with Crippen molar-refractivity contribution in [2.75, 3.05) is 4.90 Å². The first-order chi connectivity index (χ1) is 10.2. The van der Waals surface area contributed by atoms with Gasteiger partial charge in [0.05, 0.1) is 5.69 Å². The highest BCUT2D eigenvalue weighted by Crippen LogP contribution is 2.32. The lowest BCUT2D eigenvalue weighted by molar-refractivity contribution is 0.412. The molecule has 0 unspecified atom stereocenters. The third kappa shape index (κ3) is 3.46. The highest BCUT2D eigenvalue weighted by molar-refractivity contribution is 7.15. The molecular formula is C18H24N2S. The van der Waals surface area contributed by atoms with Crippen molar-refractivity contribution in [1.29, 1.82) is 0 Å². The molecule has 2 aromatic rings. The van der Waals surface area contributed by atoms with Crippen molar-refractivity contribution < 1.29 is 0 Å². The summed E-state index contributed by atoms with van der Waals surface area (Å²) in [6.45, 7) is 5.28. The van der Waals surface area contributed by atoms with Crippen LogP contribution in [0.1, 0.15) is 48.2 Å². The molecule has 0 radical (unpaired) electrons. The van der Waals surface area contributed by atoms with E-state index in [0.717, 1.165) is 6.54 Å². The second kappa shape index (κ2) is 6.61. The molecule has 0 aliphatic heterocycles. The SMILES string of the molecule is Cc1nc(N(Cc2ccccc2)C2CCCCC2)sc1C. The quantitative estimate of drug-likeness (QED) is 0.781. The molecule has 0 amide bonds. The number of benzene rings is 1. The van der Waals surface area contributed by atoms with Crippen LogP contribution in [0.15, 0.2) is 30.3 Å². The van der Waals surface area contributed by atoms with E-state index in [1.807, 2.05) is 11.3 Å². The van der Waals surface area contributed by atoms with Crippen molar-refractivity contribution in [3.63, 3.8) is 0 Å². The fourth-order valence-corrected chi connectivity index (χ4v) is 4.09. The van der Waals surface area contributed by atoms with E-state index in [0.29, 0.717) is 6.04 Å². The van der Waals surface area contributed by atoms with Gasteiger partial charge in [0.25, 0.3) is 0 Å². The molecular weight excluding hydrogens is 276 g/mol. The normalized spacial score (nSPS) is 16.1. The zero-order valence-corrected chi connectivity index (χ0v) is 13.8. The topological polar surface area (TPSA) is 16.1 Å². The van der Waals surface area contributed by atoms with E-state index < -0.39 is 0 Å². The molecule has 1 aromatic heterocycles. The van der Waals surface area contributed by atoms with Crippen molar-refractivity contribution in [3.8, 4) is 0 Å². The van der Waals surface area contributed by atoms with Gasteiger partial charge in [0.15, 0.2) is 5.13 Å². The standard InChI is InChI=1S/C18H24N2S/c1-14-15(2)21-18(19-14)20(17-11-7-4-8-12-17)13-16-9-5-3-6-10-16/h3,5-6,9-10,17H,4,7-8,11-13H2,1-2H3. The van der Waals surface area contributed by atoms with Gasteiger partial charge in [-0.05, 0) is 32.3 Å². The summed E-state index contributed by atoms with van der Waals surface area (Å²) in [6.07, 6.45) is 6.74. The average Bonchev–Trinajstić information content (AvgIpc) is 2.86. The second-order valence-electron chi connectivity index (χ2n) is 6.04. The maximum Gasteiger partial charge on any atom is 0.186 e. The molecule has 1 aromatic carbocycles. The number of rotatable bonds is 4. The number of anilines is 1. The molecule has 1 fully saturated rings. The van der Waals surface area contributed by atoms with Gasteiger partial charge in [-0.2, -0.15) is 0 Å². The van der Waals surface area contributed by atoms with E-state index in [9.17, 15) is 0 Å². The lowest BCUT2D eigenvalue weighted by Gasteiger charge is -2.34. The molecule has 2 nitrogen and oxygen atoms in total. The van der Waals surface area contributed by atoms with Gasteiger partial charge < -0.3 is 4.90 Å². The molecule has 3 heteroatoms. The number of nitrogens with zero attached hydrogens (tertiary/aromatic N) is 2. The van der Waals surface area contributed by atoms with Crippen LogP contribution in [-0.2, 0) is 6.54 Å². The molecule has 3 rings (SSSR count). The summed E-state index contributed by atoms with van der Waals surface area (Å²) in [7, 11) is 0. The van der Waals surface area contributed by atoms with Crippen LogP contribution in [0.3, 0.4) is 0 Å². The van der Waals surface area contributed by atoms with Gasteiger partial charge in [-0.15, -0.1) is 11.3 Å². The smallest absolute Gasteiger partial charge is 0.186 e. The van der Waals surface area contributed by atoms with Gasteiger partial charge in [0.2, 0.25) is 0 Å².